The zero-order chi connectivity index (χ0) is 9.07. The molecule has 5 nitrogen and oxygen atoms in total. The number of aliphatic hydroxyl groups is 3. The lowest BCUT2D eigenvalue weighted by atomic mass is 10.4. The first-order chi connectivity index (χ1) is 4.83. The van der Waals surface area contributed by atoms with E-state index in [0.29, 0.717) is 0 Å². The van der Waals surface area contributed by atoms with Crippen LogP contribution in [0.3, 0.4) is 0 Å². The lowest BCUT2D eigenvalue weighted by molar-refractivity contribution is -0.327. The number of rotatable bonds is 3. The highest BCUT2D eigenvalue weighted by atomic mass is 16.7. The molecule has 0 saturated heterocycles. The molecule has 0 aromatic carbocycles. The molecule has 0 bridgehead atoms. The standard InChI is InChI=1S/C6H10O5/c1-4(2)5(7)11-3-6(8,9)10/h8-10H,1,3H2,2H3. The molecule has 0 amide bonds. The van der Waals surface area contributed by atoms with E-state index in [9.17, 15) is 4.79 Å². The molecule has 0 aromatic heterocycles. The van der Waals surface area contributed by atoms with E-state index in [1.807, 2.05) is 0 Å². The van der Waals surface area contributed by atoms with Crippen molar-refractivity contribution in [1.29, 1.82) is 0 Å². The molecule has 0 unspecified atom stereocenters. The van der Waals surface area contributed by atoms with Gasteiger partial charge in [-0.05, 0) is 6.92 Å². The minimum Gasteiger partial charge on any atom is -0.454 e. The first-order valence-corrected chi connectivity index (χ1v) is 2.82. The summed E-state index contributed by atoms with van der Waals surface area (Å²) in [5.41, 5.74) is 0.120. The smallest absolute Gasteiger partial charge is 0.333 e. The van der Waals surface area contributed by atoms with E-state index in [1.54, 1.807) is 0 Å². The normalized spacial score (nSPS) is 10.9. The Morgan fingerprint density at radius 2 is 2.00 bits per heavy atom. The van der Waals surface area contributed by atoms with Crippen LogP contribution in [0.5, 0.6) is 0 Å². The highest BCUT2D eigenvalue weighted by molar-refractivity contribution is 5.86. The van der Waals surface area contributed by atoms with Gasteiger partial charge in [0.1, 0.15) is 0 Å². The molecule has 0 aliphatic heterocycles. The largest absolute Gasteiger partial charge is 0.454 e. The summed E-state index contributed by atoms with van der Waals surface area (Å²) in [6, 6.07) is 0. The van der Waals surface area contributed by atoms with E-state index in [2.05, 4.69) is 11.3 Å². The predicted octanol–water partition coefficient (Wildman–Crippen LogP) is -1.26. The van der Waals surface area contributed by atoms with Crippen molar-refractivity contribution in [2.45, 2.75) is 12.9 Å². The summed E-state index contributed by atoms with van der Waals surface area (Å²) in [6.45, 7) is 3.75. The van der Waals surface area contributed by atoms with Gasteiger partial charge in [0.25, 0.3) is 0 Å². The van der Waals surface area contributed by atoms with Crippen LogP contribution < -0.4 is 0 Å². The molecule has 3 N–H and O–H groups in total. The van der Waals surface area contributed by atoms with Crippen LogP contribution in [0.2, 0.25) is 0 Å². The molecule has 0 aliphatic rings. The van der Waals surface area contributed by atoms with Crippen molar-refractivity contribution < 1.29 is 24.9 Å². The Kier molecular flexibility index (Phi) is 3.18. The molecule has 0 fully saturated rings. The molecule has 0 spiro atoms. The van der Waals surface area contributed by atoms with Gasteiger partial charge in [-0.15, -0.1) is 0 Å². The Hall–Kier alpha value is -0.910. The highest BCUT2D eigenvalue weighted by Crippen LogP contribution is 1.97. The van der Waals surface area contributed by atoms with Crippen LogP contribution in [0.1, 0.15) is 6.92 Å². The summed E-state index contributed by atoms with van der Waals surface area (Å²) < 4.78 is 4.18. The lowest BCUT2D eigenvalue weighted by Crippen LogP contribution is -2.34. The first kappa shape index (κ1) is 10.1. The molecular formula is C6H10O5. The number of carbonyl (C=O) groups is 1. The van der Waals surface area contributed by atoms with E-state index in [0.717, 1.165) is 0 Å². The van der Waals surface area contributed by atoms with Crippen LogP contribution >= 0.6 is 0 Å². The molecule has 0 heterocycles. The average Bonchev–Trinajstić information content (AvgIpc) is 1.80. The lowest BCUT2D eigenvalue weighted by Gasteiger charge is -2.13. The second kappa shape index (κ2) is 3.47. The van der Waals surface area contributed by atoms with Crippen LogP contribution in [0, 0.1) is 0 Å². The fourth-order valence-corrected chi connectivity index (χ4v) is 0.286. The quantitative estimate of drug-likeness (QED) is 0.274. The summed E-state index contributed by atoms with van der Waals surface area (Å²) in [7, 11) is 0. The van der Waals surface area contributed by atoms with Crippen molar-refractivity contribution in [3.63, 3.8) is 0 Å². The van der Waals surface area contributed by atoms with Crippen LogP contribution in [-0.2, 0) is 9.53 Å². The zero-order valence-electron chi connectivity index (χ0n) is 6.07. The number of esters is 1. The molecule has 11 heavy (non-hydrogen) atoms. The predicted molar refractivity (Wildman–Crippen MR) is 35.2 cm³/mol. The monoisotopic (exact) mass is 162 g/mol. The summed E-state index contributed by atoms with van der Waals surface area (Å²) in [4.78, 5) is 10.5. The van der Waals surface area contributed by atoms with Gasteiger partial charge in [-0.25, -0.2) is 4.79 Å². The molecule has 0 saturated carbocycles. The van der Waals surface area contributed by atoms with Gasteiger partial charge in [-0.2, -0.15) is 0 Å². The summed E-state index contributed by atoms with van der Waals surface area (Å²) in [5, 5.41) is 24.8. The van der Waals surface area contributed by atoms with Gasteiger partial charge in [0.15, 0.2) is 6.61 Å². The second-order valence-electron chi connectivity index (χ2n) is 2.13. The molecule has 0 rings (SSSR count). The maximum atomic E-state index is 10.5. The van der Waals surface area contributed by atoms with Crippen LogP contribution in [-0.4, -0.2) is 33.9 Å². The van der Waals surface area contributed by atoms with Gasteiger partial charge in [-0.1, -0.05) is 6.58 Å². The second-order valence-corrected chi connectivity index (χ2v) is 2.13. The topological polar surface area (TPSA) is 87.0 Å². The van der Waals surface area contributed by atoms with Gasteiger partial charge < -0.3 is 20.1 Å². The SMILES string of the molecule is C=C(C)C(=O)OCC(O)(O)O. The maximum Gasteiger partial charge on any atom is 0.333 e. The minimum atomic E-state index is -2.97. The van der Waals surface area contributed by atoms with E-state index in [-0.39, 0.29) is 5.57 Å². The van der Waals surface area contributed by atoms with Crippen LogP contribution in [0.25, 0.3) is 0 Å². The van der Waals surface area contributed by atoms with Crippen molar-refractivity contribution in [1.82, 2.24) is 0 Å². The Bertz CT molecular complexity index is 166. The molecule has 0 aliphatic carbocycles. The Balaban J connectivity index is 3.73. The fourth-order valence-electron chi connectivity index (χ4n) is 0.286. The Morgan fingerprint density at radius 3 is 2.27 bits per heavy atom. The van der Waals surface area contributed by atoms with E-state index < -0.39 is 18.5 Å². The summed E-state index contributed by atoms with van der Waals surface area (Å²) >= 11 is 0. The zero-order valence-corrected chi connectivity index (χ0v) is 6.07. The molecular weight excluding hydrogens is 152 g/mol. The number of carbonyl (C=O) groups excluding carboxylic acids is 1. The van der Waals surface area contributed by atoms with Crippen LogP contribution in [0.15, 0.2) is 12.2 Å². The molecule has 0 atom stereocenters. The highest BCUT2D eigenvalue weighted by Gasteiger charge is 2.20. The van der Waals surface area contributed by atoms with Crippen LogP contribution in [0.4, 0.5) is 0 Å². The van der Waals surface area contributed by atoms with Gasteiger partial charge in [0, 0.05) is 5.57 Å². The third kappa shape index (κ3) is 5.53. The number of ether oxygens (including phenoxy) is 1. The fraction of sp³-hybridized carbons (Fsp3) is 0.500. The molecule has 0 radical (unpaired) electrons. The Morgan fingerprint density at radius 1 is 1.55 bits per heavy atom. The van der Waals surface area contributed by atoms with Crippen molar-refractivity contribution in [2.24, 2.45) is 0 Å². The Labute approximate surface area is 63.5 Å². The maximum absolute atomic E-state index is 10.5. The third-order valence-electron chi connectivity index (χ3n) is 0.745. The number of hydrogen-bond donors (Lipinski definition) is 3. The summed E-state index contributed by atoms with van der Waals surface area (Å²) in [6.07, 6.45) is 0. The molecule has 5 heteroatoms. The van der Waals surface area contributed by atoms with Crippen molar-refractivity contribution in [3.8, 4) is 0 Å². The minimum absolute atomic E-state index is 0.120. The van der Waals surface area contributed by atoms with Gasteiger partial charge >= 0.3 is 11.9 Å². The molecule has 0 aromatic rings. The first-order valence-electron chi connectivity index (χ1n) is 2.82. The van der Waals surface area contributed by atoms with Gasteiger partial charge in [-0.3, -0.25) is 0 Å². The average molecular weight is 162 g/mol. The third-order valence-corrected chi connectivity index (χ3v) is 0.745. The van der Waals surface area contributed by atoms with E-state index in [1.165, 1.54) is 6.92 Å². The number of hydrogen-bond acceptors (Lipinski definition) is 5. The van der Waals surface area contributed by atoms with Crippen molar-refractivity contribution in [2.75, 3.05) is 6.61 Å². The molecule has 64 valence electrons. The van der Waals surface area contributed by atoms with Gasteiger partial charge in [0.05, 0.1) is 0 Å². The van der Waals surface area contributed by atoms with E-state index in [4.69, 9.17) is 15.3 Å². The van der Waals surface area contributed by atoms with Crippen molar-refractivity contribution >= 4 is 5.97 Å². The van der Waals surface area contributed by atoms with Gasteiger partial charge in [0.2, 0.25) is 0 Å². The summed E-state index contributed by atoms with van der Waals surface area (Å²) in [5.74, 6) is -3.75. The van der Waals surface area contributed by atoms with Crippen molar-refractivity contribution in [3.05, 3.63) is 12.2 Å². The van der Waals surface area contributed by atoms with E-state index >= 15 is 0 Å².